The summed E-state index contributed by atoms with van der Waals surface area (Å²) >= 11 is 0. The number of imidazole rings is 1. The molecular formula is C9H12N4O. The molecule has 0 spiro atoms. The summed E-state index contributed by atoms with van der Waals surface area (Å²) in [6, 6.07) is 0. The van der Waals surface area contributed by atoms with Crippen molar-refractivity contribution in [1.82, 2.24) is 14.4 Å². The fourth-order valence-corrected chi connectivity index (χ4v) is 1.30. The molecule has 0 atom stereocenters. The summed E-state index contributed by atoms with van der Waals surface area (Å²) in [6.07, 6.45) is 5.41. The first-order valence-corrected chi connectivity index (χ1v) is 4.27. The average molecular weight is 192 g/mol. The van der Waals surface area contributed by atoms with E-state index < -0.39 is 0 Å². The minimum absolute atomic E-state index is 0.598. The van der Waals surface area contributed by atoms with Crippen LogP contribution in [0.15, 0.2) is 18.6 Å². The van der Waals surface area contributed by atoms with Crippen molar-refractivity contribution in [2.75, 3.05) is 26.1 Å². The Morgan fingerprint density at radius 1 is 1.43 bits per heavy atom. The maximum Gasteiger partial charge on any atom is 0.232 e. The summed E-state index contributed by atoms with van der Waals surface area (Å²) in [7, 11) is 5.47. The quantitative estimate of drug-likeness (QED) is 0.706. The molecule has 2 rings (SSSR count). The van der Waals surface area contributed by atoms with Gasteiger partial charge in [0.15, 0.2) is 11.5 Å². The first kappa shape index (κ1) is 8.80. The van der Waals surface area contributed by atoms with E-state index in [-0.39, 0.29) is 0 Å². The zero-order valence-corrected chi connectivity index (χ0v) is 8.43. The summed E-state index contributed by atoms with van der Waals surface area (Å²) in [4.78, 5) is 10.4. The summed E-state index contributed by atoms with van der Waals surface area (Å²) in [6.45, 7) is 0. The number of hydrogen-bond donors (Lipinski definition) is 0. The molecule has 14 heavy (non-hydrogen) atoms. The van der Waals surface area contributed by atoms with Gasteiger partial charge in [-0.25, -0.2) is 4.98 Å². The minimum atomic E-state index is 0.598. The van der Waals surface area contributed by atoms with Crippen LogP contribution in [-0.2, 0) is 0 Å². The summed E-state index contributed by atoms with van der Waals surface area (Å²) in [5.74, 6) is 1.43. The van der Waals surface area contributed by atoms with Crippen LogP contribution in [0.3, 0.4) is 0 Å². The fourth-order valence-electron chi connectivity index (χ4n) is 1.30. The van der Waals surface area contributed by atoms with Gasteiger partial charge < -0.3 is 9.64 Å². The van der Waals surface area contributed by atoms with E-state index in [4.69, 9.17) is 4.74 Å². The van der Waals surface area contributed by atoms with Gasteiger partial charge in [-0.3, -0.25) is 4.40 Å². The van der Waals surface area contributed by atoms with Gasteiger partial charge in [0.2, 0.25) is 5.88 Å². The third-order valence-corrected chi connectivity index (χ3v) is 1.97. The molecule has 2 aromatic heterocycles. The molecule has 2 heterocycles. The predicted octanol–water partition coefficient (Wildman–Crippen LogP) is 0.804. The summed E-state index contributed by atoms with van der Waals surface area (Å²) < 4.78 is 6.95. The lowest BCUT2D eigenvalue weighted by molar-refractivity contribution is 0.400. The van der Waals surface area contributed by atoms with Gasteiger partial charge in [0.05, 0.1) is 13.3 Å². The SMILES string of the molecule is COc1cn2ccnc(N(C)C)c2n1. The molecule has 0 amide bonds. The Bertz CT molecular complexity index is 449. The molecule has 0 aliphatic carbocycles. The third kappa shape index (κ3) is 1.26. The second-order valence-electron chi connectivity index (χ2n) is 3.16. The molecule has 0 aliphatic rings. The Kier molecular flexibility index (Phi) is 1.99. The zero-order valence-electron chi connectivity index (χ0n) is 8.43. The second kappa shape index (κ2) is 3.17. The topological polar surface area (TPSA) is 42.7 Å². The molecule has 0 unspecified atom stereocenters. The highest BCUT2D eigenvalue weighted by Crippen LogP contribution is 2.18. The molecular weight excluding hydrogens is 180 g/mol. The van der Waals surface area contributed by atoms with Crippen LogP contribution >= 0.6 is 0 Å². The molecule has 0 saturated heterocycles. The molecule has 0 fully saturated rings. The van der Waals surface area contributed by atoms with E-state index in [0.717, 1.165) is 11.5 Å². The van der Waals surface area contributed by atoms with Crippen LogP contribution in [0.1, 0.15) is 0 Å². The number of hydrogen-bond acceptors (Lipinski definition) is 4. The van der Waals surface area contributed by atoms with E-state index in [2.05, 4.69) is 9.97 Å². The van der Waals surface area contributed by atoms with Gasteiger partial charge in [-0.2, -0.15) is 4.98 Å². The van der Waals surface area contributed by atoms with Crippen molar-refractivity contribution in [1.29, 1.82) is 0 Å². The highest BCUT2D eigenvalue weighted by Gasteiger charge is 2.08. The lowest BCUT2D eigenvalue weighted by atomic mass is 10.5. The normalized spacial score (nSPS) is 10.5. The van der Waals surface area contributed by atoms with Crippen LogP contribution in [0.2, 0.25) is 0 Å². The van der Waals surface area contributed by atoms with Crippen molar-refractivity contribution in [3.8, 4) is 5.88 Å². The number of aromatic nitrogens is 3. The standard InChI is InChI=1S/C9H12N4O/c1-12(2)8-9-11-7(14-3)6-13(9)5-4-10-8/h4-6H,1-3H3. The van der Waals surface area contributed by atoms with Crippen molar-refractivity contribution < 1.29 is 4.74 Å². The third-order valence-electron chi connectivity index (χ3n) is 1.97. The van der Waals surface area contributed by atoms with E-state index in [1.807, 2.05) is 35.8 Å². The Morgan fingerprint density at radius 3 is 2.86 bits per heavy atom. The number of rotatable bonds is 2. The van der Waals surface area contributed by atoms with E-state index in [0.29, 0.717) is 5.88 Å². The number of nitrogens with zero attached hydrogens (tertiary/aromatic N) is 4. The summed E-state index contributed by atoms with van der Waals surface area (Å²) in [5.41, 5.74) is 0.800. The van der Waals surface area contributed by atoms with E-state index in [9.17, 15) is 0 Å². The van der Waals surface area contributed by atoms with Crippen molar-refractivity contribution in [2.24, 2.45) is 0 Å². The predicted molar refractivity (Wildman–Crippen MR) is 53.9 cm³/mol. The smallest absolute Gasteiger partial charge is 0.232 e. The number of ether oxygens (including phenoxy) is 1. The Morgan fingerprint density at radius 2 is 2.21 bits per heavy atom. The van der Waals surface area contributed by atoms with Crippen LogP contribution in [0.25, 0.3) is 5.65 Å². The van der Waals surface area contributed by atoms with Gasteiger partial charge >= 0.3 is 0 Å². The maximum atomic E-state index is 5.06. The number of anilines is 1. The molecule has 2 aromatic rings. The second-order valence-corrected chi connectivity index (χ2v) is 3.16. The van der Waals surface area contributed by atoms with Gasteiger partial charge in [0, 0.05) is 26.5 Å². The largest absolute Gasteiger partial charge is 0.480 e. The monoisotopic (exact) mass is 192 g/mol. The highest BCUT2D eigenvalue weighted by molar-refractivity contribution is 5.64. The number of methoxy groups -OCH3 is 1. The van der Waals surface area contributed by atoms with E-state index >= 15 is 0 Å². The Balaban J connectivity index is 2.66. The fraction of sp³-hybridized carbons (Fsp3) is 0.333. The van der Waals surface area contributed by atoms with Crippen molar-refractivity contribution >= 4 is 11.5 Å². The van der Waals surface area contributed by atoms with Crippen molar-refractivity contribution in [3.05, 3.63) is 18.6 Å². The first-order chi connectivity index (χ1) is 6.72. The van der Waals surface area contributed by atoms with Crippen LogP contribution in [0.4, 0.5) is 5.82 Å². The lowest BCUT2D eigenvalue weighted by Gasteiger charge is -2.10. The van der Waals surface area contributed by atoms with Gasteiger partial charge in [-0.05, 0) is 0 Å². The zero-order chi connectivity index (χ0) is 10.1. The summed E-state index contributed by atoms with van der Waals surface area (Å²) in [5, 5.41) is 0. The van der Waals surface area contributed by atoms with Crippen LogP contribution in [0.5, 0.6) is 5.88 Å². The highest BCUT2D eigenvalue weighted by atomic mass is 16.5. The van der Waals surface area contributed by atoms with E-state index in [1.165, 1.54) is 0 Å². The average Bonchev–Trinajstić information content (AvgIpc) is 2.59. The molecule has 0 saturated carbocycles. The first-order valence-electron chi connectivity index (χ1n) is 4.27. The number of fused-ring (bicyclic) bond motifs is 1. The molecule has 0 bridgehead atoms. The molecule has 74 valence electrons. The van der Waals surface area contributed by atoms with Crippen LogP contribution < -0.4 is 9.64 Å². The lowest BCUT2D eigenvalue weighted by Crippen LogP contribution is -2.12. The van der Waals surface area contributed by atoms with Crippen LogP contribution in [-0.4, -0.2) is 35.6 Å². The van der Waals surface area contributed by atoms with Crippen molar-refractivity contribution in [2.45, 2.75) is 0 Å². The van der Waals surface area contributed by atoms with Gasteiger partial charge in [0.25, 0.3) is 0 Å². The Labute approximate surface area is 82.0 Å². The molecule has 5 nitrogen and oxygen atoms in total. The molecule has 0 aromatic carbocycles. The molecule has 0 radical (unpaired) electrons. The van der Waals surface area contributed by atoms with Gasteiger partial charge in [-0.1, -0.05) is 0 Å². The van der Waals surface area contributed by atoms with Crippen LogP contribution in [0, 0.1) is 0 Å². The van der Waals surface area contributed by atoms with Crippen molar-refractivity contribution in [3.63, 3.8) is 0 Å². The molecule has 0 N–H and O–H groups in total. The molecule has 5 heteroatoms. The van der Waals surface area contributed by atoms with E-state index in [1.54, 1.807) is 13.3 Å². The van der Waals surface area contributed by atoms with Gasteiger partial charge in [0.1, 0.15) is 0 Å². The maximum absolute atomic E-state index is 5.06. The van der Waals surface area contributed by atoms with Gasteiger partial charge in [-0.15, -0.1) is 0 Å². The molecule has 0 aliphatic heterocycles. The minimum Gasteiger partial charge on any atom is -0.480 e. The Hall–Kier alpha value is -1.78.